The van der Waals surface area contributed by atoms with Gasteiger partial charge in [0.25, 0.3) is 5.91 Å². The number of piperidine rings is 1. The summed E-state index contributed by atoms with van der Waals surface area (Å²) in [7, 11) is 1.58. The minimum Gasteiger partial charge on any atom is -0.507 e. The lowest BCUT2D eigenvalue weighted by Crippen LogP contribution is -2.34. The van der Waals surface area contributed by atoms with Crippen molar-refractivity contribution in [3.05, 3.63) is 88.5 Å². The number of ether oxygens (including phenoxy) is 1. The average Bonchev–Trinajstić information content (AvgIpc) is 2.85. The molecule has 0 atom stereocenters. The van der Waals surface area contributed by atoms with E-state index in [9.17, 15) is 14.3 Å². The van der Waals surface area contributed by atoms with Crippen LogP contribution in [0.4, 0.5) is 4.39 Å². The van der Waals surface area contributed by atoms with E-state index in [1.165, 1.54) is 12.1 Å². The van der Waals surface area contributed by atoms with Gasteiger partial charge in [-0.15, -0.1) is 0 Å². The molecule has 0 unspecified atom stereocenters. The van der Waals surface area contributed by atoms with Crippen LogP contribution in [0, 0.1) is 12.7 Å². The molecule has 0 saturated carbocycles. The number of methoxy groups -OCH3 is 1. The zero-order valence-corrected chi connectivity index (χ0v) is 19.6. The standard InChI is InChI=1S/C27H30FN3O3/c1-18-3-10-24(27(33)29-16-19-4-7-22(28)8-5-19)26(30-18)20-11-13-31(14-12-20)17-21-6-9-23(34-2)15-25(21)32/h3-10,15,20,32H,11-14,16-17H2,1-2H3,(H,29,33). The SMILES string of the molecule is COc1ccc(CN2CCC(c3nc(C)ccc3C(=O)NCc3ccc(F)cc3)CC2)c(O)c1. The molecule has 1 aliphatic rings. The van der Waals surface area contributed by atoms with Crippen molar-refractivity contribution in [2.75, 3.05) is 20.2 Å². The second-order valence-electron chi connectivity index (χ2n) is 8.74. The van der Waals surface area contributed by atoms with Crippen LogP contribution in [0.3, 0.4) is 0 Å². The van der Waals surface area contributed by atoms with Gasteiger partial charge in [0.1, 0.15) is 17.3 Å². The number of rotatable bonds is 7. The topological polar surface area (TPSA) is 74.7 Å². The summed E-state index contributed by atoms with van der Waals surface area (Å²) >= 11 is 0. The smallest absolute Gasteiger partial charge is 0.253 e. The molecule has 0 bridgehead atoms. The summed E-state index contributed by atoms with van der Waals surface area (Å²) < 4.78 is 18.3. The largest absolute Gasteiger partial charge is 0.507 e. The van der Waals surface area contributed by atoms with Gasteiger partial charge in [-0.05, 0) is 68.8 Å². The van der Waals surface area contributed by atoms with Gasteiger partial charge in [0.05, 0.1) is 18.4 Å². The van der Waals surface area contributed by atoms with Crippen LogP contribution in [-0.2, 0) is 13.1 Å². The van der Waals surface area contributed by atoms with Crippen LogP contribution >= 0.6 is 0 Å². The molecule has 1 aromatic heterocycles. The summed E-state index contributed by atoms with van der Waals surface area (Å²) in [5.41, 5.74) is 4.03. The van der Waals surface area contributed by atoms with E-state index >= 15 is 0 Å². The highest BCUT2D eigenvalue weighted by Gasteiger charge is 2.26. The molecule has 4 rings (SSSR count). The van der Waals surface area contributed by atoms with Gasteiger partial charge in [-0.1, -0.05) is 18.2 Å². The number of carbonyl (C=O) groups is 1. The van der Waals surface area contributed by atoms with Crippen LogP contribution in [-0.4, -0.2) is 41.1 Å². The summed E-state index contributed by atoms with van der Waals surface area (Å²) in [4.78, 5) is 20.0. The number of nitrogens with zero attached hydrogens (tertiary/aromatic N) is 2. The van der Waals surface area contributed by atoms with E-state index in [4.69, 9.17) is 9.72 Å². The van der Waals surface area contributed by atoms with Gasteiger partial charge in [0, 0.05) is 36.3 Å². The van der Waals surface area contributed by atoms with Gasteiger partial charge in [0.2, 0.25) is 0 Å². The Morgan fingerprint density at radius 3 is 2.56 bits per heavy atom. The van der Waals surface area contributed by atoms with Crippen molar-refractivity contribution >= 4 is 5.91 Å². The molecule has 0 spiro atoms. The molecule has 1 fully saturated rings. The molecule has 1 saturated heterocycles. The van der Waals surface area contributed by atoms with Gasteiger partial charge in [-0.2, -0.15) is 0 Å². The van der Waals surface area contributed by atoms with E-state index < -0.39 is 0 Å². The molecule has 1 aliphatic heterocycles. The van der Waals surface area contributed by atoms with E-state index in [1.54, 1.807) is 25.3 Å². The van der Waals surface area contributed by atoms with E-state index in [0.29, 0.717) is 24.4 Å². The summed E-state index contributed by atoms with van der Waals surface area (Å²) in [6, 6.07) is 15.2. The fourth-order valence-corrected chi connectivity index (χ4v) is 4.37. The number of phenolic OH excluding ortho intramolecular Hbond substituents is 1. The maximum atomic E-state index is 13.1. The number of hydrogen-bond acceptors (Lipinski definition) is 5. The molecule has 34 heavy (non-hydrogen) atoms. The molecule has 7 heteroatoms. The molecule has 1 amide bonds. The number of carbonyl (C=O) groups excluding carboxylic acids is 1. The number of phenols is 1. The minimum absolute atomic E-state index is 0.169. The quantitative estimate of drug-likeness (QED) is 0.538. The molecule has 6 nitrogen and oxygen atoms in total. The number of benzene rings is 2. The zero-order chi connectivity index (χ0) is 24.1. The number of amides is 1. The molecule has 2 aromatic carbocycles. The monoisotopic (exact) mass is 463 g/mol. The fourth-order valence-electron chi connectivity index (χ4n) is 4.37. The summed E-state index contributed by atoms with van der Waals surface area (Å²) in [6.07, 6.45) is 1.76. The number of halogens is 1. The summed E-state index contributed by atoms with van der Waals surface area (Å²) in [5, 5.41) is 13.2. The molecular weight excluding hydrogens is 433 g/mol. The van der Waals surface area contributed by atoms with Gasteiger partial charge in [0.15, 0.2) is 0 Å². The molecule has 3 aromatic rings. The number of pyridine rings is 1. The third-order valence-electron chi connectivity index (χ3n) is 6.34. The van der Waals surface area contributed by atoms with E-state index in [0.717, 1.165) is 48.4 Å². The van der Waals surface area contributed by atoms with Crippen LogP contribution in [0.25, 0.3) is 0 Å². The number of hydrogen-bond donors (Lipinski definition) is 2. The highest BCUT2D eigenvalue weighted by Crippen LogP contribution is 2.31. The Morgan fingerprint density at radius 1 is 1.15 bits per heavy atom. The third-order valence-corrected chi connectivity index (χ3v) is 6.34. The average molecular weight is 464 g/mol. The Bertz CT molecular complexity index is 1140. The van der Waals surface area contributed by atoms with Gasteiger partial charge < -0.3 is 15.2 Å². The lowest BCUT2D eigenvalue weighted by Gasteiger charge is -2.32. The number of aromatic nitrogens is 1. The molecule has 2 heterocycles. The number of likely N-dealkylation sites (tertiary alicyclic amines) is 1. The summed E-state index contributed by atoms with van der Waals surface area (Å²) in [5.74, 6) is 0.593. The van der Waals surface area contributed by atoms with Crippen LogP contribution in [0.15, 0.2) is 54.6 Å². The highest BCUT2D eigenvalue weighted by atomic mass is 19.1. The van der Waals surface area contributed by atoms with Crippen LogP contribution in [0.5, 0.6) is 11.5 Å². The van der Waals surface area contributed by atoms with Gasteiger partial charge in [-0.25, -0.2) is 4.39 Å². The molecule has 178 valence electrons. The van der Waals surface area contributed by atoms with Crippen LogP contribution in [0.2, 0.25) is 0 Å². The van der Waals surface area contributed by atoms with Crippen molar-refractivity contribution in [2.45, 2.75) is 38.8 Å². The van der Waals surface area contributed by atoms with Crippen LogP contribution < -0.4 is 10.1 Å². The molecular formula is C27H30FN3O3. The zero-order valence-electron chi connectivity index (χ0n) is 19.6. The van der Waals surface area contributed by atoms with Crippen molar-refractivity contribution in [1.82, 2.24) is 15.2 Å². The molecule has 2 N–H and O–H groups in total. The lowest BCUT2D eigenvalue weighted by atomic mass is 9.89. The Labute approximate surface area is 199 Å². The molecule has 0 radical (unpaired) electrons. The Morgan fingerprint density at radius 2 is 1.88 bits per heavy atom. The second kappa shape index (κ2) is 10.7. The minimum atomic E-state index is -0.298. The predicted molar refractivity (Wildman–Crippen MR) is 128 cm³/mol. The first-order valence-corrected chi connectivity index (χ1v) is 11.5. The second-order valence-corrected chi connectivity index (χ2v) is 8.74. The maximum Gasteiger partial charge on any atom is 0.253 e. The van der Waals surface area contributed by atoms with Crippen LogP contribution in [0.1, 0.15) is 51.6 Å². The predicted octanol–water partition coefficient (Wildman–Crippen LogP) is 4.55. The normalized spacial score (nSPS) is 14.7. The van der Waals surface area contributed by atoms with Crippen molar-refractivity contribution in [3.8, 4) is 11.5 Å². The Hall–Kier alpha value is -3.45. The first kappa shape index (κ1) is 23.7. The van der Waals surface area contributed by atoms with Gasteiger partial charge >= 0.3 is 0 Å². The number of nitrogens with one attached hydrogen (secondary N) is 1. The highest BCUT2D eigenvalue weighted by molar-refractivity contribution is 5.95. The summed E-state index contributed by atoms with van der Waals surface area (Å²) in [6.45, 7) is 4.63. The first-order valence-electron chi connectivity index (χ1n) is 11.5. The Balaban J connectivity index is 1.40. The van der Waals surface area contributed by atoms with E-state index in [-0.39, 0.29) is 23.4 Å². The Kier molecular flexibility index (Phi) is 7.43. The number of aromatic hydroxyl groups is 1. The maximum absolute atomic E-state index is 13.1. The van der Waals surface area contributed by atoms with E-state index in [2.05, 4.69) is 10.2 Å². The third kappa shape index (κ3) is 5.72. The van der Waals surface area contributed by atoms with Crippen molar-refractivity contribution in [2.24, 2.45) is 0 Å². The van der Waals surface area contributed by atoms with Crippen molar-refractivity contribution < 1.29 is 19.0 Å². The first-order chi connectivity index (χ1) is 16.4. The van der Waals surface area contributed by atoms with Gasteiger partial charge in [-0.3, -0.25) is 14.7 Å². The molecule has 0 aliphatic carbocycles. The van der Waals surface area contributed by atoms with E-state index in [1.807, 2.05) is 31.2 Å². The number of aryl methyl sites for hydroxylation is 1. The lowest BCUT2D eigenvalue weighted by molar-refractivity contribution is 0.0948. The fraction of sp³-hybridized carbons (Fsp3) is 0.333. The van der Waals surface area contributed by atoms with Crippen molar-refractivity contribution in [3.63, 3.8) is 0 Å². The van der Waals surface area contributed by atoms with Crippen molar-refractivity contribution in [1.29, 1.82) is 0 Å².